The molecule has 0 heterocycles. The van der Waals surface area contributed by atoms with Crippen LogP contribution in [0.2, 0.25) is 0 Å². The van der Waals surface area contributed by atoms with Crippen molar-refractivity contribution >= 4 is 11.6 Å². The number of hydrogen-bond acceptors (Lipinski definition) is 3. The van der Waals surface area contributed by atoms with Crippen molar-refractivity contribution in [3.05, 3.63) is 34.9 Å². The van der Waals surface area contributed by atoms with Crippen molar-refractivity contribution in [3.63, 3.8) is 0 Å². The summed E-state index contributed by atoms with van der Waals surface area (Å²) in [5.41, 5.74) is 2.04. The zero-order valence-electron chi connectivity index (χ0n) is 14.5. The Labute approximate surface area is 138 Å². The Kier molecular flexibility index (Phi) is 3.75. The topological polar surface area (TPSA) is 54.4 Å². The van der Waals surface area contributed by atoms with Gasteiger partial charge < -0.3 is 5.11 Å². The number of aliphatic hydroxyl groups is 1. The van der Waals surface area contributed by atoms with E-state index in [1.807, 2.05) is 13.0 Å². The molecule has 0 aromatic heterocycles. The molecule has 1 fully saturated rings. The fourth-order valence-corrected chi connectivity index (χ4v) is 4.65. The van der Waals surface area contributed by atoms with Crippen LogP contribution < -0.4 is 0 Å². The second-order valence-electron chi connectivity index (χ2n) is 8.06. The molecule has 0 saturated heterocycles. The Balaban J connectivity index is 2.16. The van der Waals surface area contributed by atoms with Crippen molar-refractivity contribution in [1.82, 2.24) is 0 Å². The van der Waals surface area contributed by atoms with Crippen molar-refractivity contribution in [1.29, 1.82) is 0 Å². The van der Waals surface area contributed by atoms with Crippen LogP contribution in [0.5, 0.6) is 0 Å². The predicted octanol–water partition coefficient (Wildman–Crippen LogP) is 3.63. The lowest BCUT2D eigenvalue weighted by Gasteiger charge is -2.53. The summed E-state index contributed by atoms with van der Waals surface area (Å²) in [6.45, 7) is 8.07. The minimum atomic E-state index is -0.808. The summed E-state index contributed by atoms with van der Waals surface area (Å²) < 4.78 is 0. The van der Waals surface area contributed by atoms with Crippen molar-refractivity contribution in [2.45, 2.75) is 58.3 Å². The number of ketones is 2. The molecule has 2 aliphatic carbocycles. The van der Waals surface area contributed by atoms with Gasteiger partial charge in [-0.25, -0.2) is 0 Å². The zero-order chi connectivity index (χ0) is 17.0. The molecule has 3 rings (SSSR count). The van der Waals surface area contributed by atoms with Gasteiger partial charge in [-0.2, -0.15) is 0 Å². The summed E-state index contributed by atoms with van der Waals surface area (Å²) in [5, 5.41) is 9.89. The number of benzene rings is 1. The summed E-state index contributed by atoms with van der Waals surface area (Å²) in [6.07, 6.45) is 1.59. The first kappa shape index (κ1) is 16.4. The molecule has 2 aliphatic rings. The van der Waals surface area contributed by atoms with E-state index in [1.165, 1.54) is 5.56 Å². The molecule has 23 heavy (non-hydrogen) atoms. The van der Waals surface area contributed by atoms with Gasteiger partial charge in [0.05, 0.1) is 12.0 Å². The first-order valence-corrected chi connectivity index (χ1v) is 8.56. The molecule has 0 spiro atoms. The standard InChI is InChI=1S/C20H26O3/c1-12(2)13-5-6-15-14(9-13)16(22)10-17-19(15,3)8-7-18(23)20(17,4)11-21/h5-6,9,12,17,21H,7-8,10-11H2,1-4H3/t17?,19-,20-/m1/s1. The second kappa shape index (κ2) is 5.27. The molecule has 3 heteroatoms. The Hall–Kier alpha value is -1.48. The van der Waals surface area contributed by atoms with Gasteiger partial charge in [0.15, 0.2) is 5.78 Å². The predicted molar refractivity (Wildman–Crippen MR) is 89.8 cm³/mol. The van der Waals surface area contributed by atoms with E-state index in [0.29, 0.717) is 18.8 Å². The zero-order valence-corrected chi connectivity index (χ0v) is 14.5. The Bertz CT molecular complexity index is 675. The van der Waals surface area contributed by atoms with Gasteiger partial charge in [-0.15, -0.1) is 0 Å². The highest BCUT2D eigenvalue weighted by atomic mass is 16.3. The number of carbonyl (C=O) groups excluding carboxylic acids is 2. The minimum absolute atomic E-state index is 0.0949. The van der Waals surface area contributed by atoms with Gasteiger partial charge in [-0.1, -0.05) is 39.8 Å². The van der Waals surface area contributed by atoms with E-state index in [4.69, 9.17) is 0 Å². The molecule has 1 saturated carbocycles. The lowest BCUT2D eigenvalue weighted by atomic mass is 9.49. The maximum atomic E-state index is 12.8. The van der Waals surface area contributed by atoms with Crippen LogP contribution in [0.25, 0.3) is 0 Å². The van der Waals surface area contributed by atoms with Crippen molar-refractivity contribution < 1.29 is 14.7 Å². The van der Waals surface area contributed by atoms with Crippen molar-refractivity contribution in [3.8, 4) is 0 Å². The fourth-order valence-electron chi connectivity index (χ4n) is 4.65. The quantitative estimate of drug-likeness (QED) is 0.907. The van der Waals surface area contributed by atoms with Gasteiger partial charge in [0, 0.05) is 18.4 Å². The summed E-state index contributed by atoms with van der Waals surface area (Å²) in [4.78, 5) is 25.2. The van der Waals surface area contributed by atoms with Gasteiger partial charge in [-0.05, 0) is 40.9 Å². The van der Waals surface area contributed by atoms with Gasteiger partial charge in [0.25, 0.3) is 0 Å². The van der Waals surface area contributed by atoms with Gasteiger partial charge >= 0.3 is 0 Å². The molecule has 1 N–H and O–H groups in total. The van der Waals surface area contributed by atoms with Gasteiger partial charge in [0.2, 0.25) is 0 Å². The maximum Gasteiger partial charge on any atom is 0.163 e. The third-order valence-corrected chi connectivity index (χ3v) is 6.39. The molecule has 1 aromatic rings. The van der Waals surface area contributed by atoms with E-state index in [-0.39, 0.29) is 29.5 Å². The van der Waals surface area contributed by atoms with Crippen molar-refractivity contribution in [2.24, 2.45) is 11.3 Å². The van der Waals surface area contributed by atoms with Crippen LogP contribution in [0.1, 0.15) is 74.4 Å². The Morgan fingerprint density at radius 3 is 2.57 bits per heavy atom. The summed E-state index contributed by atoms with van der Waals surface area (Å²) >= 11 is 0. The Morgan fingerprint density at radius 2 is 1.96 bits per heavy atom. The summed E-state index contributed by atoms with van der Waals surface area (Å²) in [5.74, 6) is 0.470. The monoisotopic (exact) mass is 314 g/mol. The highest BCUT2D eigenvalue weighted by Gasteiger charge is 2.57. The van der Waals surface area contributed by atoms with E-state index in [0.717, 1.165) is 17.5 Å². The second-order valence-corrected chi connectivity index (χ2v) is 8.06. The maximum absolute atomic E-state index is 12.8. The van der Waals surface area contributed by atoms with Crippen LogP contribution in [-0.4, -0.2) is 23.3 Å². The van der Waals surface area contributed by atoms with Crippen LogP contribution >= 0.6 is 0 Å². The SMILES string of the molecule is CC(C)c1ccc2c(c1)C(=O)CC1[C@@](C)(CO)C(=O)CC[C@]21C. The minimum Gasteiger partial charge on any atom is -0.395 e. The normalized spacial score (nSPS) is 33.6. The average Bonchev–Trinajstić information content (AvgIpc) is 2.53. The highest BCUT2D eigenvalue weighted by Crippen LogP contribution is 2.55. The smallest absolute Gasteiger partial charge is 0.163 e. The van der Waals surface area contributed by atoms with Crippen LogP contribution in [-0.2, 0) is 10.2 Å². The van der Waals surface area contributed by atoms with E-state index in [9.17, 15) is 14.7 Å². The van der Waals surface area contributed by atoms with E-state index in [1.54, 1.807) is 0 Å². The molecule has 0 amide bonds. The molecule has 0 aliphatic heterocycles. The number of rotatable bonds is 2. The average molecular weight is 314 g/mol. The molecule has 0 bridgehead atoms. The third-order valence-electron chi connectivity index (χ3n) is 6.39. The molecular weight excluding hydrogens is 288 g/mol. The summed E-state index contributed by atoms with van der Waals surface area (Å²) in [6, 6.07) is 6.23. The number of hydrogen-bond donors (Lipinski definition) is 1. The largest absolute Gasteiger partial charge is 0.395 e. The van der Waals surface area contributed by atoms with Crippen LogP contribution in [0.15, 0.2) is 18.2 Å². The van der Waals surface area contributed by atoms with E-state index >= 15 is 0 Å². The van der Waals surface area contributed by atoms with Crippen LogP contribution in [0.3, 0.4) is 0 Å². The molecule has 124 valence electrons. The molecule has 3 nitrogen and oxygen atoms in total. The number of carbonyl (C=O) groups is 2. The molecule has 1 aromatic carbocycles. The first-order chi connectivity index (χ1) is 10.7. The Morgan fingerprint density at radius 1 is 1.26 bits per heavy atom. The van der Waals surface area contributed by atoms with Crippen LogP contribution in [0, 0.1) is 11.3 Å². The van der Waals surface area contributed by atoms with Crippen molar-refractivity contribution in [2.75, 3.05) is 6.61 Å². The number of aliphatic hydroxyl groups excluding tert-OH is 1. The fraction of sp³-hybridized carbons (Fsp3) is 0.600. The molecule has 0 radical (unpaired) electrons. The van der Waals surface area contributed by atoms with Gasteiger partial charge in [0.1, 0.15) is 5.78 Å². The lowest BCUT2D eigenvalue weighted by molar-refractivity contribution is -0.141. The molecule has 1 unspecified atom stereocenters. The number of Topliss-reactive ketones (excluding diaryl/α,β-unsaturated/α-hetero) is 2. The number of fused-ring (bicyclic) bond motifs is 3. The first-order valence-electron chi connectivity index (χ1n) is 8.56. The summed E-state index contributed by atoms with van der Waals surface area (Å²) in [7, 11) is 0. The van der Waals surface area contributed by atoms with E-state index in [2.05, 4.69) is 32.9 Å². The highest BCUT2D eigenvalue weighted by molar-refractivity contribution is 6.01. The van der Waals surface area contributed by atoms with Crippen LogP contribution in [0.4, 0.5) is 0 Å². The van der Waals surface area contributed by atoms with E-state index < -0.39 is 5.41 Å². The van der Waals surface area contributed by atoms with Gasteiger partial charge in [-0.3, -0.25) is 9.59 Å². The lowest BCUT2D eigenvalue weighted by Crippen LogP contribution is -2.56. The molecule has 3 atom stereocenters. The third kappa shape index (κ3) is 2.20. The molecular formula is C20H26O3.